The Balaban J connectivity index is 2.12. The molecule has 4 nitrogen and oxygen atoms in total. The van der Waals surface area contributed by atoms with Crippen LogP contribution in [-0.2, 0) is 10.0 Å². The Morgan fingerprint density at radius 3 is 2.47 bits per heavy atom. The van der Waals surface area contributed by atoms with E-state index in [1.54, 1.807) is 24.3 Å². The fraction of sp³-hybridized carbons (Fsp3) is 0.429. The highest BCUT2D eigenvalue weighted by molar-refractivity contribution is 7.89. The summed E-state index contributed by atoms with van der Waals surface area (Å²) in [5.74, 6) is 5.65. The van der Waals surface area contributed by atoms with Gasteiger partial charge in [-0.25, -0.2) is 13.1 Å². The molecular weight excluding hydrogens is 262 g/mol. The van der Waals surface area contributed by atoms with E-state index in [1.807, 2.05) is 6.92 Å². The van der Waals surface area contributed by atoms with Gasteiger partial charge in [0, 0.05) is 17.5 Å². The number of hydrogen-bond donors (Lipinski definition) is 2. The van der Waals surface area contributed by atoms with Crippen molar-refractivity contribution in [1.29, 1.82) is 0 Å². The van der Waals surface area contributed by atoms with Gasteiger partial charge in [0.05, 0.1) is 11.5 Å². The van der Waals surface area contributed by atoms with Crippen LogP contribution in [0, 0.1) is 11.8 Å². The minimum absolute atomic E-state index is 0.0297. The van der Waals surface area contributed by atoms with E-state index >= 15 is 0 Å². The van der Waals surface area contributed by atoms with Gasteiger partial charge in [0.25, 0.3) is 0 Å². The summed E-state index contributed by atoms with van der Waals surface area (Å²) in [6.45, 7) is 1.93. The van der Waals surface area contributed by atoms with Gasteiger partial charge in [-0.1, -0.05) is 11.8 Å². The zero-order valence-electron chi connectivity index (χ0n) is 10.8. The molecule has 0 amide bonds. The van der Waals surface area contributed by atoms with Crippen LogP contribution < -0.4 is 4.72 Å². The molecule has 0 atom stereocenters. The summed E-state index contributed by atoms with van der Waals surface area (Å²) in [6, 6.07) is 6.45. The molecule has 0 bridgehead atoms. The summed E-state index contributed by atoms with van der Waals surface area (Å²) in [5, 5.41) is 8.62. The molecular formula is C14H17NO3S. The van der Waals surface area contributed by atoms with Gasteiger partial charge in [-0.15, -0.1) is 0 Å². The first kappa shape index (κ1) is 14.1. The lowest BCUT2D eigenvalue weighted by Gasteiger charge is -2.11. The zero-order chi connectivity index (χ0) is 13.9. The van der Waals surface area contributed by atoms with Gasteiger partial charge in [-0.2, -0.15) is 0 Å². The summed E-state index contributed by atoms with van der Waals surface area (Å²) in [6.07, 6.45) is 2.19. The third kappa shape index (κ3) is 3.80. The fourth-order valence-electron chi connectivity index (χ4n) is 1.61. The summed E-state index contributed by atoms with van der Waals surface area (Å²) in [7, 11) is -3.44. The van der Waals surface area contributed by atoms with E-state index < -0.39 is 10.0 Å². The van der Waals surface area contributed by atoms with E-state index in [9.17, 15) is 8.42 Å². The molecule has 19 heavy (non-hydrogen) atoms. The first-order chi connectivity index (χ1) is 8.95. The molecule has 0 aliphatic heterocycles. The predicted octanol–water partition coefficient (Wildman–Crippen LogP) is 1.25. The van der Waals surface area contributed by atoms with Crippen LogP contribution in [0.5, 0.6) is 0 Å². The highest BCUT2D eigenvalue weighted by Gasteiger charge is 2.41. The Bertz CT molecular complexity index is 604. The second-order valence-electron chi connectivity index (χ2n) is 4.97. The van der Waals surface area contributed by atoms with Gasteiger partial charge in [0.2, 0.25) is 10.0 Å². The normalized spacial score (nSPS) is 16.5. The lowest BCUT2D eigenvalue weighted by molar-refractivity contribution is 0.305. The van der Waals surface area contributed by atoms with Crippen LogP contribution in [-0.4, -0.2) is 25.7 Å². The Labute approximate surface area is 113 Å². The van der Waals surface area contributed by atoms with Crippen molar-refractivity contribution in [3.8, 4) is 11.8 Å². The Morgan fingerprint density at radius 1 is 1.32 bits per heavy atom. The average Bonchev–Trinajstić information content (AvgIpc) is 3.07. The topological polar surface area (TPSA) is 66.4 Å². The van der Waals surface area contributed by atoms with Gasteiger partial charge in [0.1, 0.15) is 0 Å². The van der Waals surface area contributed by atoms with E-state index in [0.717, 1.165) is 18.4 Å². The Morgan fingerprint density at radius 2 is 1.95 bits per heavy atom. The van der Waals surface area contributed by atoms with Crippen LogP contribution in [0.1, 0.15) is 31.7 Å². The fourth-order valence-corrected chi connectivity index (χ4v) is 3.08. The van der Waals surface area contributed by atoms with E-state index in [0.29, 0.717) is 6.42 Å². The first-order valence-corrected chi connectivity index (χ1v) is 7.67. The monoisotopic (exact) mass is 279 g/mol. The highest BCUT2D eigenvalue weighted by Crippen LogP contribution is 2.35. The van der Waals surface area contributed by atoms with E-state index in [-0.39, 0.29) is 17.0 Å². The van der Waals surface area contributed by atoms with Gasteiger partial charge in [0.15, 0.2) is 0 Å². The van der Waals surface area contributed by atoms with Crippen molar-refractivity contribution in [2.75, 3.05) is 6.61 Å². The minimum atomic E-state index is -3.44. The van der Waals surface area contributed by atoms with Crippen LogP contribution in [0.3, 0.4) is 0 Å². The van der Waals surface area contributed by atoms with Crippen LogP contribution in [0.15, 0.2) is 29.2 Å². The van der Waals surface area contributed by atoms with Gasteiger partial charge in [-0.05, 0) is 44.0 Å². The quantitative estimate of drug-likeness (QED) is 0.815. The first-order valence-electron chi connectivity index (χ1n) is 6.19. The third-order valence-corrected chi connectivity index (χ3v) is 4.67. The van der Waals surface area contributed by atoms with Crippen LogP contribution in [0.2, 0.25) is 0 Å². The van der Waals surface area contributed by atoms with E-state index in [4.69, 9.17) is 5.11 Å². The van der Waals surface area contributed by atoms with Crippen molar-refractivity contribution < 1.29 is 13.5 Å². The van der Waals surface area contributed by atoms with Gasteiger partial charge < -0.3 is 5.11 Å². The van der Waals surface area contributed by atoms with E-state index in [1.165, 1.54) is 0 Å². The van der Waals surface area contributed by atoms with Crippen molar-refractivity contribution in [3.63, 3.8) is 0 Å². The van der Waals surface area contributed by atoms with Gasteiger partial charge >= 0.3 is 0 Å². The maximum Gasteiger partial charge on any atom is 0.241 e. The number of nitrogens with one attached hydrogen (secondary N) is 1. The molecule has 1 fully saturated rings. The van der Waals surface area contributed by atoms with Crippen molar-refractivity contribution in [2.24, 2.45) is 0 Å². The highest BCUT2D eigenvalue weighted by atomic mass is 32.2. The van der Waals surface area contributed by atoms with Crippen LogP contribution in [0.4, 0.5) is 0 Å². The molecule has 1 aromatic rings. The molecule has 102 valence electrons. The zero-order valence-corrected chi connectivity index (χ0v) is 11.6. The average molecular weight is 279 g/mol. The number of hydrogen-bond acceptors (Lipinski definition) is 3. The molecule has 2 rings (SSSR count). The molecule has 2 N–H and O–H groups in total. The lowest BCUT2D eigenvalue weighted by atomic mass is 10.2. The molecule has 0 spiro atoms. The molecule has 1 saturated carbocycles. The molecule has 1 aliphatic rings. The molecule has 0 heterocycles. The van der Waals surface area contributed by atoms with Crippen molar-refractivity contribution in [1.82, 2.24) is 4.72 Å². The Hall–Kier alpha value is -1.35. The molecule has 0 saturated heterocycles. The summed E-state index contributed by atoms with van der Waals surface area (Å²) < 4.78 is 26.9. The smallest absolute Gasteiger partial charge is 0.241 e. The minimum Gasteiger partial charge on any atom is -0.395 e. The second-order valence-corrected chi connectivity index (χ2v) is 6.65. The summed E-state index contributed by atoms with van der Waals surface area (Å²) in [4.78, 5) is 0.258. The predicted molar refractivity (Wildman–Crippen MR) is 73.0 cm³/mol. The molecule has 0 aromatic heterocycles. The maximum atomic E-state index is 12.1. The van der Waals surface area contributed by atoms with Crippen LogP contribution >= 0.6 is 0 Å². The molecule has 1 aromatic carbocycles. The van der Waals surface area contributed by atoms with E-state index in [2.05, 4.69) is 16.6 Å². The second kappa shape index (κ2) is 5.33. The Kier molecular flexibility index (Phi) is 3.95. The summed E-state index contributed by atoms with van der Waals surface area (Å²) >= 11 is 0. The lowest BCUT2D eigenvalue weighted by Crippen LogP contribution is -2.34. The van der Waals surface area contributed by atoms with Gasteiger partial charge in [-0.3, -0.25) is 0 Å². The molecule has 5 heteroatoms. The SMILES string of the molecule is CC1(NS(=O)(=O)c2ccc(C#CCCO)cc2)CC1. The number of benzene rings is 1. The van der Waals surface area contributed by atoms with Crippen molar-refractivity contribution >= 4 is 10.0 Å². The third-order valence-electron chi connectivity index (χ3n) is 3.01. The molecule has 1 aliphatic carbocycles. The maximum absolute atomic E-state index is 12.1. The number of aliphatic hydroxyl groups is 1. The standard InChI is InChI=1S/C14H17NO3S/c1-14(9-10-14)15-19(17,18)13-7-5-12(6-8-13)4-2-3-11-16/h5-8,15-16H,3,9-11H2,1H3. The van der Waals surface area contributed by atoms with Crippen molar-refractivity contribution in [3.05, 3.63) is 29.8 Å². The largest absolute Gasteiger partial charge is 0.395 e. The van der Waals surface area contributed by atoms with Crippen molar-refractivity contribution in [2.45, 2.75) is 36.6 Å². The summed E-state index contributed by atoms with van der Waals surface area (Å²) in [5.41, 5.74) is 0.475. The number of rotatable bonds is 4. The number of aliphatic hydroxyl groups excluding tert-OH is 1. The van der Waals surface area contributed by atoms with Crippen LogP contribution in [0.25, 0.3) is 0 Å². The molecule has 0 radical (unpaired) electrons. The number of sulfonamides is 1. The molecule has 0 unspecified atom stereocenters.